The normalized spacial score (nSPS) is 28.0. The maximum absolute atomic E-state index is 11.4. The average molecular weight is 216 g/mol. The maximum atomic E-state index is 11.4. The van der Waals surface area contributed by atoms with Crippen LogP contribution in [-0.2, 0) is 14.4 Å². The highest BCUT2D eigenvalue weighted by Crippen LogP contribution is 2.20. The van der Waals surface area contributed by atoms with Gasteiger partial charge in [0.15, 0.2) is 17.0 Å². The van der Waals surface area contributed by atoms with Crippen molar-refractivity contribution in [1.82, 2.24) is 0 Å². The van der Waals surface area contributed by atoms with Crippen molar-refractivity contribution in [3.05, 3.63) is 0 Å². The molecule has 0 unspecified atom stereocenters. The third-order valence-corrected chi connectivity index (χ3v) is 2.25. The van der Waals surface area contributed by atoms with E-state index in [0.717, 1.165) is 0 Å². The van der Waals surface area contributed by atoms with E-state index in [4.69, 9.17) is 34.4 Å². The molecule has 0 radical (unpaired) electrons. The average Bonchev–Trinajstić information content (AvgIpc) is 2.12. The molecule has 0 aliphatic heterocycles. The Labute approximate surface area is 84.1 Å². The lowest BCUT2D eigenvalue weighted by molar-refractivity contribution is -0.154. The van der Waals surface area contributed by atoms with Crippen LogP contribution >= 0.6 is 0 Å². The molecule has 0 saturated heterocycles. The Balaban J connectivity index is 3.44. The van der Waals surface area contributed by atoms with E-state index in [1.165, 1.54) is 0 Å². The summed E-state index contributed by atoms with van der Waals surface area (Å²) in [4.78, 5) is 34.3. The topological polar surface area (TPSA) is 207 Å². The number of nitrogens with two attached hydrogens (primary N) is 6. The quantitative estimate of drug-likeness (QED) is 0.168. The lowest BCUT2D eigenvalue weighted by Gasteiger charge is -2.42. The summed E-state index contributed by atoms with van der Waals surface area (Å²) in [6.45, 7) is 0. The Morgan fingerprint density at radius 3 is 0.800 bits per heavy atom. The number of Topliss-reactive ketones (excluding diaryl/α,β-unsaturated/α-hetero) is 3. The Bertz CT molecular complexity index is 290. The molecule has 1 rings (SSSR count). The van der Waals surface area contributed by atoms with Crippen molar-refractivity contribution in [1.29, 1.82) is 0 Å². The first-order chi connectivity index (χ1) is 6.46. The number of carbonyl (C=O) groups is 3. The SMILES string of the molecule is NC1(N)C(=O)C(N)(N)C(=O)C(N)(N)C1=O. The lowest BCUT2D eigenvalue weighted by Crippen LogP contribution is -2.90. The van der Waals surface area contributed by atoms with E-state index in [9.17, 15) is 14.4 Å². The number of carbonyl (C=O) groups excluding carboxylic acids is 3. The van der Waals surface area contributed by atoms with Crippen LogP contribution in [0.5, 0.6) is 0 Å². The largest absolute Gasteiger partial charge is 0.301 e. The Kier molecular flexibility index (Phi) is 2.10. The predicted octanol–water partition coefficient (Wildman–Crippen LogP) is -5.45. The first-order valence-electron chi connectivity index (χ1n) is 3.84. The minimum absolute atomic E-state index is 1.32. The molecule has 0 aromatic carbocycles. The minimum Gasteiger partial charge on any atom is -0.301 e. The van der Waals surface area contributed by atoms with Gasteiger partial charge in [-0.05, 0) is 0 Å². The minimum atomic E-state index is -2.55. The Morgan fingerprint density at radius 1 is 0.533 bits per heavy atom. The summed E-state index contributed by atoms with van der Waals surface area (Å²) in [6.07, 6.45) is 0. The van der Waals surface area contributed by atoms with Crippen LogP contribution in [0, 0.1) is 0 Å². The fourth-order valence-electron chi connectivity index (χ4n) is 1.34. The molecule has 9 heteroatoms. The van der Waals surface area contributed by atoms with Crippen molar-refractivity contribution in [2.45, 2.75) is 17.0 Å². The van der Waals surface area contributed by atoms with Crippen LogP contribution in [0.4, 0.5) is 0 Å². The monoisotopic (exact) mass is 216 g/mol. The van der Waals surface area contributed by atoms with Gasteiger partial charge in [0.05, 0.1) is 0 Å². The van der Waals surface area contributed by atoms with Gasteiger partial charge in [0.2, 0.25) is 17.3 Å². The van der Waals surface area contributed by atoms with Gasteiger partial charge >= 0.3 is 0 Å². The maximum Gasteiger partial charge on any atom is 0.216 e. The Morgan fingerprint density at radius 2 is 0.667 bits per heavy atom. The van der Waals surface area contributed by atoms with Gasteiger partial charge in [-0.25, -0.2) is 0 Å². The molecule has 1 aliphatic carbocycles. The summed E-state index contributed by atoms with van der Waals surface area (Å²) >= 11 is 0. The standard InChI is InChI=1S/C6H12N6O3/c7-4(8)1(13)5(9,10)3(15)6(11,12)2(4)14/h7-12H2. The molecule has 0 spiro atoms. The summed E-state index contributed by atoms with van der Waals surface area (Å²) in [7, 11) is 0. The highest BCUT2D eigenvalue weighted by Gasteiger charge is 2.65. The van der Waals surface area contributed by atoms with Crippen molar-refractivity contribution < 1.29 is 14.4 Å². The van der Waals surface area contributed by atoms with Crippen LogP contribution in [0.15, 0.2) is 0 Å². The van der Waals surface area contributed by atoms with E-state index in [1.807, 2.05) is 0 Å². The molecule has 1 saturated carbocycles. The summed E-state index contributed by atoms with van der Waals surface area (Å²) < 4.78 is 0. The van der Waals surface area contributed by atoms with Crippen molar-refractivity contribution in [3.63, 3.8) is 0 Å². The molecule has 0 atom stereocenters. The van der Waals surface area contributed by atoms with Gasteiger partial charge in [-0.2, -0.15) is 0 Å². The number of hydrogen-bond acceptors (Lipinski definition) is 9. The smallest absolute Gasteiger partial charge is 0.216 e. The fourth-order valence-corrected chi connectivity index (χ4v) is 1.34. The van der Waals surface area contributed by atoms with E-state index in [0.29, 0.717) is 0 Å². The molecular weight excluding hydrogens is 204 g/mol. The molecule has 15 heavy (non-hydrogen) atoms. The highest BCUT2D eigenvalue weighted by molar-refractivity contribution is 6.36. The summed E-state index contributed by atoms with van der Waals surface area (Å²) in [5.41, 5.74) is 23.4. The van der Waals surface area contributed by atoms with Crippen LogP contribution < -0.4 is 34.4 Å². The molecule has 0 amide bonds. The molecule has 1 fully saturated rings. The lowest BCUT2D eigenvalue weighted by atomic mass is 9.73. The van der Waals surface area contributed by atoms with Crippen molar-refractivity contribution >= 4 is 17.3 Å². The van der Waals surface area contributed by atoms with Crippen molar-refractivity contribution in [2.75, 3.05) is 0 Å². The van der Waals surface area contributed by atoms with Crippen LogP contribution in [-0.4, -0.2) is 34.3 Å². The third kappa shape index (κ3) is 1.23. The summed E-state index contributed by atoms with van der Waals surface area (Å²) in [5, 5.41) is 0. The Hall–Kier alpha value is -1.23. The van der Waals surface area contributed by atoms with E-state index in [1.54, 1.807) is 0 Å². The van der Waals surface area contributed by atoms with Gasteiger partial charge in [0.25, 0.3) is 0 Å². The second-order valence-corrected chi connectivity index (χ2v) is 3.59. The first kappa shape index (κ1) is 11.8. The summed E-state index contributed by atoms with van der Waals surface area (Å²) in [5.74, 6) is -3.97. The first-order valence-corrected chi connectivity index (χ1v) is 3.84. The molecule has 0 aromatic heterocycles. The van der Waals surface area contributed by atoms with Gasteiger partial charge in [0.1, 0.15) is 0 Å². The highest BCUT2D eigenvalue weighted by atomic mass is 16.2. The second kappa shape index (κ2) is 2.66. The van der Waals surface area contributed by atoms with Crippen LogP contribution in [0.2, 0.25) is 0 Å². The number of rotatable bonds is 0. The fraction of sp³-hybridized carbons (Fsp3) is 0.500. The van der Waals surface area contributed by atoms with Gasteiger partial charge in [-0.1, -0.05) is 0 Å². The zero-order valence-electron chi connectivity index (χ0n) is 7.69. The van der Waals surface area contributed by atoms with Gasteiger partial charge < -0.3 is 34.4 Å². The third-order valence-electron chi connectivity index (χ3n) is 2.25. The van der Waals surface area contributed by atoms with Gasteiger partial charge in [0, 0.05) is 0 Å². The molecule has 12 N–H and O–H groups in total. The zero-order valence-corrected chi connectivity index (χ0v) is 7.69. The van der Waals surface area contributed by atoms with Crippen LogP contribution in [0.3, 0.4) is 0 Å². The number of ketones is 3. The van der Waals surface area contributed by atoms with E-state index < -0.39 is 34.3 Å². The number of hydrogen-bond donors (Lipinski definition) is 6. The second-order valence-electron chi connectivity index (χ2n) is 3.59. The molecule has 84 valence electrons. The van der Waals surface area contributed by atoms with E-state index >= 15 is 0 Å². The summed E-state index contributed by atoms with van der Waals surface area (Å²) in [6, 6.07) is 0. The van der Waals surface area contributed by atoms with Gasteiger partial charge in [-0.15, -0.1) is 0 Å². The van der Waals surface area contributed by atoms with Crippen molar-refractivity contribution in [2.24, 2.45) is 34.4 Å². The molecule has 1 aliphatic rings. The molecular formula is C6H12N6O3. The zero-order chi connectivity index (χ0) is 12.2. The predicted molar refractivity (Wildman–Crippen MR) is 48.3 cm³/mol. The van der Waals surface area contributed by atoms with Crippen LogP contribution in [0.25, 0.3) is 0 Å². The van der Waals surface area contributed by atoms with E-state index in [-0.39, 0.29) is 0 Å². The van der Waals surface area contributed by atoms with Crippen LogP contribution in [0.1, 0.15) is 0 Å². The molecule has 9 nitrogen and oxygen atoms in total. The van der Waals surface area contributed by atoms with E-state index in [2.05, 4.69) is 0 Å². The van der Waals surface area contributed by atoms with Gasteiger partial charge in [-0.3, -0.25) is 14.4 Å². The molecule has 0 aromatic rings. The molecule has 0 bridgehead atoms. The van der Waals surface area contributed by atoms with Crippen molar-refractivity contribution in [3.8, 4) is 0 Å². The molecule has 0 heterocycles.